The summed E-state index contributed by atoms with van der Waals surface area (Å²) in [6, 6.07) is 14.8. The Hall–Kier alpha value is -4.13. The number of pyridine rings is 1. The van der Waals surface area contributed by atoms with E-state index in [2.05, 4.69) is 59.5 Å². The zero-order valence-corrected chi connectivity index (χ0v) is 24.3. The van der Waals surface area contributed by atoms with Crippen molar-refractivity contribution in [2.45, 2.75) is 50.8 Å². The topological polar surface area (TPSA) is 112 Å². The molecule has 1 atom stereocenters. The van der Waals surface area contributed by atoms with Crippen LogP contribution in [0.25, 0.3) is 10.9 Å². The molecule has 1 saturated carbocycles. The minimum absolute atomic E-state index is 0.0278. The van der Waals surface area contributed by atoms with E-state index >= 15 is 0 Å². The minimum Gasteiger partial charge on any atom is -0.383 e. The number of benzene rings is 2. The summed E-state index contributed by atoms with van der Waals surface area (Å²) in [5.41, 5.74) is 5.36. The van der Waals surface area contributed by atoms with Gasteiger partial charge in [0.2, 0.25) is 0 Å². The average Bonchev–Trinajstić information content (AvgIpc) is 3.60. The molecule has 2 aliphatic rings. The SMILES string of the molecule is BC(Nc1cc(C#N)c2ncc(C#N)c(NCC(C)(C)C)c2c1)(C1=CN(C2(C(F)(F)F)CC2)NN1)c1ccccc1Cl. The predicted molar refractivity (Wildman–Crippen MR) is 159 cm³/mol. The molecule has 1 unspecified atom stereocenters. The Morgan fingerprint density at radius 3 is 2.40 bits per heavy atom. The molecule has 1 aromatic heterocycles. The molecule has 0 bridgehead atoms. The number of rotatable bonds is 7. The first-order chi connectivity index (χ1) is 19.7. The van der Waals surface area contributed by atoms with Crippen molar-refractivity contribution < 1.29 is 13.2 Å². The van der Waals surface area contributed by atoms with Crippen LogP contribution in [0, 0.1) is 28.1 Å². The largest absolute Gasteiger partial charge is 0.413 e. The Labute approximate surface area is 247 Å². The molecule has 0 amide bonds. The van der Waals surface area contributed by atoms with Gasteiger partial charge in [0.15, 0.2) is 5.54 Å². The first-order valence-electron chi connectivity index (χ1n) is 13.4. The van der Waals surface area contributed by atoms with Gasteiger partial charge in [-0.1, -0.05) is 50.6 Å². The zero-order valence-electron chi connectivity index (χ0n) is 23.5. The van der Waals surface area contributed by atoms with Crippen molar-refractivity contribution in [1.82, 2.24) is 21.0 Å². The summed E-state index contributed by atoms with van der Waals surface area (Å²) in [5.74, 6) is 0. The minimum atomic E-state index is -4.43. The number of fused-ring (bicyclic) bond motifs is 1. The number of nitrogens with one attached hydrogen (secondary N) is 4. The molecule has 42 heavy (non-hydrogen) atoms. The summed E-state index contributed by atoms with van der Waals surface area (Å²) in [5, 5.41) is 28.7. The summed E-state index contributed by atoms with van der Waals surface area (Å²) in [6.07, 6.45) is -1.63. The molecule has 216 valence electrons. The van der Waals surface area contributed by atoms with E-state index in [0.717, 1.165) is 5.01 Å². The highest BCUT2D eigenvalue weighted by molar-refractivity contribution is 6.33. The zero-order chi connectivity index (χ0) is 30.5. The molecule has 3 aromatic rings. The third kappa shape index (κ3) is 5.17. The highest BCUT2D eigenvalue weighted by Crippen LogP contribution is 2.54. The lowest BCUT2D eigenvalue weighted by Crippen LogP contribution is -2.53. The fourth-order valence-electron chi connectivity index (χ4n) is 5.10. The van der Waals surface area contributed by atoms with Crippen molar-refractivity contribution in [1.29, 1.82) is 10.5 Å². The van der Waals surface area contributed by atoms with E-state index in [1.165, 1.54) is 12.4 Å². The average molecular weight is 593 g/mol. The number of aromatic nitrogens is 1. The van der Waals surface area contributed by atoms with E-state index in [-0.39, 0.29) is 23.8 Å². The quantitative estimate of drug-likeness (QED) is 0.276. The Bertz CT molecular complexity index is 1670. The molecule has 5 rings (SSSR count). The maximum Gasteiger partial charge on any atom is 0.413 e. The molecular formula is C29H29BClF3N8. The van der Waals surface area contributed by atoms with E-state index in [1.807, 2.05) is 0 Å². The van der Waals surface area contributed by atoms with Crippen LogP contribution in [-0.4, -0.2) is 36.1 Å². The van der Waals surface area contributed by atoms with Crippen LogP contribution in [0.15, 0.2) is 54.5 Å². The van der Waals surface area contributed by atoms with Gasteiger partial charge in [-0.3, -0.25) is 9.99 Å². The molecule has 2 heterocycles. The maximum atomic E-state index is 13.9. The lowest BCUT2D eigenvalue weighted by atomic mass is 9.69. The monoisotopic (exact) mass is 592 g/mol. The first-order valence-corrected chi connectivity index (χ1v) is 13.7. The molecule has 1 fully saturated rings. The molecule has 0 saturated heterocycles. The van der Waals surface area contributed by atoms with Gasteiger partial charge in [-0.05, 0) is 42.0 Å². The molecule has 1 aliphatic heterocycles. The van der Waals surface area contributed by atoms with Gasteiger partial charge in [-0.2, -0.15) is 23.7 Å². The number of halogens is 4. The Balaban J connectivity index is 1.65. The number of nitriles is 2. The fraction of sp³-hybridized carbons (Fsp3) is 0.345. The second kappa shape index (κ2) is 10.3. The summed E-state index contributed by atoms with van der Waals surface area (Å²) in [6.45, 7) is 6.73. The smallest absolute Gasteiger partial charge is 0.383 e. The fourth-order valence-corrected chi connectivity index (χ4v) is 5.43. The predicted octanol–water partition coefficient (Wildman–Crippen LogP) is 5.25. The summed E-state index contributed by atoms with van der Waals surface area (Å²) in [7, 11) is 1.80. The van der Waals surface area contributed by atoms with Crippen LogP contribution in [0.1, 0.15) is 50.3 Å². The van der Waals surface area contributed by atoms with Gasteiger partial charge in [0.1, 0.15) is 20.0 Å². The number of hydrogen-bond acceptors (Lipinski definition) is 8. The molecule has 8 nitrogen and oxygen atoms in total. The van der Waals surface area contributed by atoms with E-state index in [4.69, 9.17) is 11.6 Å². The molecule has 0 spiro atoms. The van der Waals surface area contributed by atoms with Crippen molar-refractivity contribution in [3.8, 4) is 12.1 Å². The Morgan fingerprint density at radius 1 is 1.12 bits per heavy atom. The van der Waals surface area contributed by atoms with E-state index in [0.29, 0.717) is 50.7 Å². The Morgan fingerprint density at radius 2 is 1.81 bits per heavy atom. The van der Waals surface area contributed by atoms with Gasteiger partial charge < -0.3 is 16.1 Å². The molecule has 4 N–H and O–H groups in total. The van der Waals surface area contributed by atoms with Crippen LogP contribution in [0.2, 0.25) is 5.02 Å². The highest BCUT2D eigenvalue weighted by Gasteiger charge is 2.67. The molecule has 13 heteroatoms. The number of hydrazine groups is 2. The Kier molecular flexibility index (Phi) is 7.20. The third-order valence-electron chi connectivity index (χ3n) is 7.63. The second-order valence-electron chi connectivity index (χ2n) is 12.0. The number of hydrogen-bond donors (Lipinski definition) is 4. The standard InChI is InChI=1S/C29H29BClF3N8/c1-26(2,3)16-38-25-18(13-36)14-37-24-17(12-35)10-19(11-20(24)25)39-28(30,21-6-4-5-7-22(21)31)23-15-42(41-40-23)27(8-9-27)29(32,33)34/h4-7,10-11,14-15,39-41H,8-9,16,30H2,1-3H3,(H,37,38). The normalized spacial score (nSPS) is 17.5. The van der Waals surface area contributed by atoms with Gasteiger partial charge in [0.25, 0.3) is 0 Å². The lowest BCUT2D eigenvalue weighted by Gasteiger charge is -2.34. The van der Waals surface area contributed by atoms with E-state index < -0.39 is 17.2 Å². The van der Waals surface area contributed by atoms with Crippen molar-refractivity contribution in [2.24, 2.45) is 5.41 Å². The molecule has 2 aromatic carbocycles. The third-order valence-corrected chi connectivity index (χ3v) is 7.96. The van der Waals surface area contributed by atoms with Crippen LogP contribution in [0.3, 0.4) is 0 Å². The van der Waals surface area contributed by atoms with Crippen LogP contribution in [0.4, 0.5) is 24.5 Å². The van der Waals surface area contributed by atoms with Crippen LogP contribution in [0.5, 0.6) is 0 Å². The van der Waals surface area contributed by atoms with E-state index in [1.54, 1.807) is 44.2 Å². The van der Waals surface area contributed by atoms with Crippen molar-refractivity contribution >= 4 is 41.7 Å². The summed E-state index contributed by atoms with van der Waals surface area (Å²) in [4.78, 5) is 4.40. The maximum absolute atomic E-state index is 13.9. The molecular weight excluding hydrogens is 564 g/mol. The lowest BCUT2D eigenvalue weighted by molar-refractivity contribution is -0.195. The van der Waals surface area contributed by atoms with Crippen molar-refractivity contribution in [3.63, 3.8) is 0 Å². The number of alkyl halides is 3. The van der Waals surface area contributed by atoms with Crippen LogP contribution >= 0.6 is 11.6 Å². The highest BCUT2D eigenvalue weighted by atomic mass is 35.5. The van der Waals surface area contributed by atoms with Crippen LogP contribution in [-0.2, 0) is 5.44 Å². The number of anilines is 2. The van der Waals surface area contributed by atoms with Gasteiger partial charge >= 0.3 is 6.18 Å². The number of nitrogens with zero attached hydrogens (tertiary/aromatic N) is 4. The van der Waals surface area contributed by atoms with Crippen molar-refractivity contribution in [3.05, 3.63) is 76.2 Å². The first kappa shape index (κ1) is 29.4. The summed E-state index contributed by atoms with van der Waals surface area (Å²) < 4.78 is 41.8. The molecule has 1 aliphatic carbocycles. The van der Waals surface area contributed by atoms with Gasteiger partial charge in [-0.15, -0.1) is 5.53 Å². The van der Waals surface area contributed by atoms with Crippen LogP contribution < -0.4 is 21.6 Å². The van der Waals surface area contributed by atoms with Gasteiger partial charge in [-0.25, -0.2) is 0 Å². The van der Waals surface area contributed by atoms with Gasteiger partial charge in [0.05, 0.1) is 33.5 Å². The van der Waals surface area contributed by atoms with Crippen molar-refractivity contribution in [2.75, 3.05) is 17.2 Å². The van der Waals surface area contributed by atoms with E-state index in [9.17, 15) is 23.7 Å². The summed E-state index contributed by atoms with van der Waals surface area (Å²) >= 11 is 6.65. The van der Waals surface area contributed by atoms with Gasteiger partial charge in [0, 0.05) is 35.0 Å². The second-order valence-corrected chi connectivity index (χ2v) is 12.4. The molecule has 0 radical (unpaired) electrons.